The first-order chi connectivity index (χ1) is 17.1. The molecule has 0 spiro atoms. The number of hydrogen-bond donors (Lipinski definition) is 1. The van der Waals surface area contributed by atoms with Gasteiger partial charge >= 0.3 is 0 Å². The van der Waals surface area contributed by atoms with Crippen molar-refractivity contribution in [1.29, 1.82) is 0 Å². The highest BCUT2D eigenvalue weighted by Gasteiger charge is 2.18. The van der Waals surface area contributed by atoms with Gasteiger partial charge in [-0.25, -0.2) is 0 Å². The minimum atomic E-state index is -0.160. The van der Waals surface area contributed by atoms with E-state index in [0.717, 1.165) is 22.6 Å². The minimum absolute atomic E-state index is 0.160. The van der Waals surface area contributed by atoms with Crippen LogP contribution in [0.5, 0.6) is 17.2 Å². The molecule has 0 saturated heterocycles. The van der Waals surface area contributed by atoms with Crippen LogP contribution in [-0.2, 0) is 4.79 Å². The number of nitrogens with zero attached hydrogens (tertiary/aromatic N) is 3. The zero-order chi connectivity index (χ0) is 24.2. The van der Waals surface area contributed by atoms with Crippen LogP contribution in [0.15, 0.2) is 71.9 Å². The number of anilines is 1. The molecule has 0 atom stereocenters. The maximum absolute atomic E-state index is 12.7. The van der Waals surface area contributed by atoms with E-state index in [1.54, 1.807) is 18.2 Å². The molecule has 8 nitrogen and oxygen atoms in total. The summed E-state index contributed by atoms with van der Waals surface area (Å²) in [6.07, 6.45) is 0. The van der Waals surface area contributed by atoms with Crippen molar-refractivity contribution in [3.63, 3.8) is 0 Å². The van der Waals surface area contributed by atoms with Crippen LogP contribution in [0.1, 0.15) is 12.5 Å². The average Bonchev–Trinajstić information content (AvgIpc) is 3.51. The van der Waals surface area contributed by atoms with Gasteiger partial charge in [0.05, 0.1) is 12.4 Å². The molecule has 2 heterocycles. The highest BCUT2D eigenvalue weighted by Crippen LogP contribution is 2.34. The first kappa shape index (κ1) is 22.8. The van der Waals surface area contributed by atoms with Crippen molar-refractivity contribution in [3.8, 4) is 34.3 Å². The first-order valence-electron chi connectivity index (χ1n) is 11.2. The van der Waals surface area contributed by atoms with Gasteiger partial charge in [0.25, 0.3) is 0 Å². The molecule has 0 saturated carbocycles. The normalized spacial score (nSPS) is 11.9. The molecule has 5 rings (SSSR count). The molecule has 178 valence electrons. The second kappa shape index (κ2) is 10.1. The smallest absolute Gasteiger partial charge is 0.234 e. The number of benzene rings is 3. The molecule has 0 aliphatic carbocycles. The summed E-state index contributed by atoms with van der Waals surface area (Å²) in [6, 6.07) is 21.2. The van der Waals surface area contributed by atoms with Crippen LogP contribution in [0.2, 0.25) is 0 Å². The van der Waals surface area contributed by atoms with Gasteiger partial charge in [-0.05, 0) is 50.2 Å². The van der Waals surface area contributed by atoms with E-state index in [1.807, 2.05) is 66.9 Å². The maximum Gasteiger partial charge on any atom is 0.234 e. The van der Waals surface area contributed by atoms with E-state index in [0.29, 0.717) is 34.8 Å². The molecule has 35 heavy (non-hydrogen) atoms. The van der Waals surface area contributed by atoms with Crippen molar-refractivity contribution >= 4 is 23.4 Å². The van der Waals surface area contributed by atoms with Gasteiger partial charge in [0.1, 0.15) is 5.75 Å². The Labute approximate surface area is 207 Å². The van der Waals surface area contributed by atoms with Gasteiger partial charge in [-0.1, -0.05) is 41.6 Å². The summed E-state index contributed by atoms with van der Waals surface area (Å²) in [6.45, 7) is 4.78. The predicted octanol–water partition coefficient (Wildman–Crippen LogP) is 5.10. The number of thioether (sulfide) groups is 1. The minimum Gasteiger partial charge on any atom is -0.494 e. The molecule has 4 aromatic rings. The summed E-state index contributed by atoms with van der Waals surface area (Å²) < 4.78 is 18.2. The topological polar surface area (TPSA) is 87.5 Å². The Morgan fingerprint density at radius 1 is 1.03 bits per heavy atom. The fourth-order valence-corrected chi connectivity index (χ4v) is 4.40. The summed E-state index contributed by atoms with van der Waals surface area (Å²) in [4.78, 5) is 12.7. The summed E-state index contributed by atoms with van der Waals surface area (Å²) in [5, 5.41) is 12.4. The van der Waals surface area contributed by atoms with Crippen LogP contribution < -0.4 is 19.5 Å². The molecular formula is C26H24N4O4S. The van der Waals surface area contributed by atoms with E-state index < -0.39 is 0 Å². The average molecular weight is 489 g/mol. The Balaban J connectivity index is 1.37. The van der Waals surface area contributed by atoms with Crippen molar-refractivity contribution in [1.82, 2.24) is 14.8 Å². The molecule has 1 N–H and O–H groups in total. The van der Waals surface area contributed by atoms with Crippen molar-refractivity contribution in [2.24, 2.45) is 0 Å². The Morgan fingerprint density at radius 2 is 1.80 bits per heavy atom. The number of hydrogen-bond acceptors (Lipinski definition) is 7. The van der Waals surface area contributed by atoms with Crippen LogP contribution >= 0.6 is 11.8 Å². The first-order valence-corrected chi connectivity index (χ1v) is 12.2. The van der Waals surface area contributed by atoms with Crippen molar-refractivity contribution < 1.29 is 19.0 Å². The summed E-state index contributed by atoms with van der Waals surface area (Å²) in [5.74, 6) is 2.79. The molecule has 3 aromatic carbocycles. The molecule has 0 fully saturated rings. The zero-order valence-corrected chi connectivity index (χ0v) is 20.2. The van der Waals surface area contributed by atoms with Gasteiger partial charge in [0.15, 0.2) is 22.5 Å². The molecule has 1 aromatic heterocycles. The number of carbonyl (C=O) groups excluding carboxylic acids is 1. The Hall–Kier alpha value is -3.98. The van der Waals surface area contributed by atoms with Crippen LogP contribution in [0.3, 0.4) is 0 Å². The molecular weight excluding hydrogens is 464 g/mol. The third-order valence-electron chi connectivity index (χ3n) is 5.34. The number of aromatic nitrogens is 3. The number of carbonyl (C=O) groups is 1. The van der Waals surface area contributed by atoms with E-state index in [9.17, 15) is 4.79 Å². The standard InChI is InChI=1S/C26H24N4O4S/c1-3-32-21-11-9-20(10-12-21)30-25(18-6-4-17(2)5-7-18)28-29-26(30)35-15-24(31)27-19-8-13-22-23(14-19)34-16-33-22/h4-14H,3,15-16H2,1-2H3,(H,27,31). The van der Waals surface area contributed by atoms with Crippen LogP contribution in [0.4, 0.5) is 5.69 Å². The van der Waals surface area contributed by atoms with Gasteiger partial charge in [0.2, 0.25) is 12.7 Å². The molecule has 0 bridgehead atoms. The number of fused-ring (bicyclic) bond motifs is 1. The van der Waals surface area contributed by atoms with E-state index in [-0.39, 0.29) is 18.5 Å². The summed E-state index contributed by atoms with van der Waals surface area (Å²) >= 11 is 1.32. The Morgan fingerprint density at radius 3 is 2.57 bits per heavy atom. The second-order valence-electron chi connectivity index (χ2n) is 7.84. The highest BCUT2D eigenvalue weighted by molar-refractivity contribution is 7.99. The molecule has 1 aliphatic heterocycles. The lowest BCUT2D eigenvalue weighted by Gasteiger charge is -2.12. The SMILES string of the molecule is CCOc1ccc(-n2c(SCC(=O)Nc3ccc4c(c3)OCO4)nnc2-c2ccc(C)cc2)cc1. The van der Waals surface area contributed by atoms with E-state index in [1.165, 1.54) is 11.8 Å². The van der Waals surface area contributed by atoms with Gasteiger partial charge in [-0.3, -0.25) is 9.36 Å². The highest BCUT2D eigenvalue weighted by atomic mass is 32.2. The maximum atomic E-state index is 12.7. The Bertz CT molecular complexity index is 1340. The summed E-state index contributed by atoms with van der Waals surface area (Å²) in [5.41, 5.74) is 3.63. The molecule has 1 amide bonds. The van der Waals surface area contributed by atoms with Crippen LogP contribution in [0, 0.1) is 6.92 Å². The second-order valence-corrected chi connectivity index (χ2v) is 8.78. The quantitative estimate of drug-likeness (QED) is 0.345. The molecule has 0 unspecified atom stereocenters. The largest absolute Gasteiger partial charge is 0.494 e. The number of nitrogens with one attached hydrogen (secondary N) is 1. The van der Waals surface area contributed by atoms with Crippen molar-refractivity contribution in [2.75, 3.05) is 24.5 Å². The van der Waals surface area contributed by atoms with Gasteiger partial charge in [0, 0.05) is 23.0 Å². The lowest BCUT2D eigenvalue weighted by atomic mass is 10.1. The third-order valence-corrected chi connectivity index (χ3v) is 6.27. The van der Waals surface area contributed by atoms with E-state index in [2.05, 4.69) is 15.5 Å². The molecule has 9 heteroatoms. The van der Waals surface area contributed by atoms with Crippen LogP contribution in [0.25, 0.3) is 17.1 Å². The molecule has 1 aliphatic rings. The van der Waals surface area contributed by atoms with Gasteiger partial charge in [-0.2, -0.15) is 0 Å². The van der Waals surface area contributed by atoms with Crippen molar-refractivity contribution in [3.05, 3.63) is 72.3 Å². The fourth-order valence-electron chi connectivity index (χ4n) is 3.65. The van der Waals surface area contributed by atoms with Crippen LogP contribution in [-0.4, -0.2) is 39.8 Å². The van der Waals surface area contributed by atoms with Crippen molar-refractivity contribution in [2.45, 2.75) is 19.0 Å². The zero-order valence-electron chi connectivity index (χ0n) is 19.4. The molecule has 0 radical (unpaired) electrons. The monoisotopic (exact) mass is 488 g/mol. The lowest BCUT2D eigenvalue weighted by molar-refractivity contribution is -0.113. The van der Waals surface area contributed by atoms with E-state index in [4.69, 9.17) is 14.2 Å². The predicted molar refractivity (Wildman–Crippen MR) is 135 cm³/mol. The lowest BCUT2D eigenvalue weighted by Crippen LogP contribution is -2.14. The van der Waals surface area contributed by atoms with Gasteiger partial charge in [-0.15, -0.1) is 10.2 Å². The third kappa shape index (κ3) is 5.09. The fraction of sp³-hybridized carbons (Fsp3) is 0.192. The number of rotatable bonds is 8. The summed E-state index contributed by atoms with van der Waals surface area (Å²) in [7, 11) is 0. The number of amides is 1. The van der Waals surface area contributed by atoms with E-state index >= 15 is 0 Å². The Kier molecular flexibility index (Phi) is 6.58. The number of aryl methyl sites for hydroxylation is 1. The van der Waals surface area contributed by atoms with Gasteiger partial charge < -0.3 is 19.5 Å². The number of ether oxygens (including phenoxy) is 3.